The smallest absolute Gasteiger partial charge is 0.378 e. The summed E-state index contributed by atoms with van der Waals surface area (Å²) in [6.45, 7) is 1.97. The van der Waals surface area contributed by atoms with Crippen LogP contribution in [0.25, 0.3) is 17.1 Å². The van der Waals surface area contributed by atoms with Crippen LogP contribution in [0.5, 0.6) is 0 Å². The zero-order valence-corrected chi connectivity index (χ0v) is 14.3. The van der Waals surface area contributed by atoms with Crippen LogP contribution >= 0.6 is 23.2 Å². The SMILES string of the molecule is CCOC(=O)c1nc(-c2ccccc2)n(-c2ccc(Cl)cc2Cl)n1. The lowest BCUT2D eigenvalue weighted by Gasteiger charge is -2.08. The summed E-state index contributed by atoms with van der Waals surface area (Å²) in [6, 6.07) is 14.4. The van der Waals surface area contributed by atoms with E-state index in [0.29, 0.717) is 21.6 Å². The van der Waals surface area contributed by atoms with Crippen LogP contribution in [0.15, 0.2) is 48.5 Å². The Morgan fingerprint density at radius 1 is 1.17 bits per heavy atom. The van der Waals surface area contributed by atoms with Crippen LogP contribution in [-0.2, 0) is 4.74 Å². The molecule has 122 valence electrons. The average Bonchev–Trinajstić information content (AvgIpc) is 3.01. The Bertz CT molecular complexity index is 879. The fraction of sp³-hybridized carbons (Fsp3) is 0.118. The van der Waals surface area contributed by atoms with Crippen LogP contribution in [0.4, 0.5) is 0 Å². The van der Waals surface area contributed by atoms with Crippen LogP contribution in [0.2, 0.25) is 10.0 Å². The summed E-state index contributed by atoms with van der Waals surface area (Å²) < 4.78 is 6.50. The fourth-order valence-corrected chi connectivity index (χ4v) is 2.68. The number of benzene rings is 2. The summed E-state index contributed by atoms with van der Waals surface area (Å²) in [6.07, 6.45) is 0. The molecule has 0 atom stereocenters. The van der Waals surface area contributed by atoms with Gasteiger partial charge in [-0.05, 0) is 25.1 Å². The molecular formula is C17H13Cl2N3O2. The molecular weight excluding hydrogens is 349 g/mol. The van der Waals surface area contributed by atoms with Gasteiger partial charge in [-0.15, -0.1) is 5.10 Å². The minimum atomic E-state index is -0.585. The predicted molar refractivity (Wildman–Crippen MR) is 92.8 cm³/mol. The molecule has 5 nitrogen and oxygen atoms in total. The summed E-state index contributed by atoms with van der Waals surface area (Å²) in [5.41, 5.74) is 1.37. The summed E-state index contributed by atoms with van der Waals surface area (Å²) in [5.74, 6) is -0.122. The van der Waals surface area contributed by atoms with Gasteiger partial charge in [-0.25, -0.2) is 14.5 Å². The van der Waals surface area contributed by atoms with Crippen LogP contribution < -0.4 is 0 Å². The molecule has 0 saturated carbocycles. The molecule has 0 unspecified atom stereocenters. The largest absolute Gasteiger partial charge is 0.460 e. The van der Waals surface area contributed by atoms with Crippen LogP contribution in [-0.4, -0.2) is 27.3 Å². The maximum absolute atomic E-state index is 12.0. The number of rotatable bonds is 4. The number of ether oxygens (including phenoxy) is 1. The molecule has 0 bridgehead atoms. The molecule has 0 amide bonds. The summed E-state index contributed by atoms with van der Waals surface area (Å²) in [7, 11) is 0. The zero-order chi connectivity index (χ0) is 17.1. The first-order valence-electron chi connectivity index (χ1n) is 7.25. The Morgan fingerprint density at radius 2 is 1.92 bits per heavy atom. The van der Waals surface area contributed by atoms with Gasteiger partial charge in [0.1, 0.15) is 0 Å². The minimum Gasteiger partial charge on any atom is -0.460 e. The van der Waals surface area contributed by atoms with Crippen LogP contribution in [0.1, 0.15) is 17.5 Å². The maximum Gasteiger partial charge on any atom is 0.378 e. The number of halogens is 2. The predicted octanol–water partition coefficient (Wildman–Crippen LogP) is 4.42. The minimum absolute atomic E-state index is 0.0262. The van der Waals surface area contributed by atoms with Gasteiger partial charge in [-0.3, -0.25) is 0 Å². The lowest BCUT2D eigenvalue weighted by molar-refractivity contribution is 0.0512. The van der Waals surface area contributed by atoms with E-state index < -0.39 is 5.97 Å². The zero-order valence-electron chi connectivity index (χ0n) is 12.7. The van der Waals surface area contributed by atoms with Crippen LogP contribution in [0, 0.1) is 0 Å². The molecule has 0 saturated heterocycles. The Balaban J connectivity index is 2.17. The van der Waals surface area contributed by atoms with Crippen molar-refractivity contribution in [3.63, 3.8) is 0 Å². The first-order chi connectivity index (χ1) is 11.6. The third kappa shape index (κ3) is 3.27. The molecule has 3 aromatic rings. The van der Waals surface area contributed by atoms with Crippen molar-refractivity contribution in [1.82, 2.24) is 14.8 Å². The molecule has 0 aliphatic rings. The van der Waals surface area contributed by atoms with Crippen molar-refractivity contribution >= 4 is 29.2 Å². The lowest BCUT2D eigenvalue weighted by atomic mass is 10.2. The van der Waals surface area contributed by atoms with Gasteiger partial charge >= 0.3 is 5.97 Å². The number of nitrogens with zero attached hydrogens (tertiary/aromatic N) is 3. The van der Waals surface area contributed by atoms with Crippen molar-refractivity contribution in [2.45, 2.75) is 6.92 Å². The Morgan fingerprint density at radius 3 is 2.58 bits per heavy atom. The van der Waals surface area contributed by atoms with Crippen molar-refractivity contribution in [2.75, 3.05) is 6.61 Å². The highest BCUT2D eigenvalue weighted by atomic mass is 35.5. The monoisotopic (exact) mass is 361 g/mol. The number of aromatic nitrogens is 3. The highest BCUT2D eigenvalue weighted by Crippen LogP contribution is 2.28. The van der Waals surface area contributed by atoms with Crippen molar-refractivity contribution in [2.24, 2.45) is 0 Å². The van der Waals surface area contributed by atoms with Crippen molar-refractivity contribution < 1.29 is 9.53 Å². The standard InChI is InChI=1S/C17H13Cl2N3O2/c1-2-24-17(23)15-20-16(11-6-4-3-5-7-11)22(21-15)14-9-8-12(18)10-13(14)19/h3-10H,2H2,1H3. The van der Waals surface area contributed by atoms with E-state index >= 15 is 0 Å². The van der Waals surface area contributed by atoms with E-state index in [9.17, 15) is 4.79 Å². The van der Waals surface area contributed by atoms with Crippen molar-refractivity contribution in [1.29, 1.82) is 0 Å². The second-order valence-corrected chi connectivity index (χ2v) is 5.70. The molecule has 0 fully saturated rings. The van der Waals surface area contributed by atoms with Crippen LogP contribution in [0.3, 0.4) is 0 Å². The number of hydrogen-bond donors (Lipinski definition) is 0. The van der Waals surface area contributed by atoms with Gasteiger partial charge < -0.3 is 4.74 Å². The molecule has 0 N–H and O–H groups in total. The van der Waals surface area contributed by atoms with E-state index in [1.54, 1.807) is 25.1 Å². The Hall–Kier alpha value is -2.37. The molecule has 24 heavy (non-hydrogen) atoms. The van der Waals surface area contributed by atoms with Gasteiger partial charge in [0.15, 0.2) is 5.82 Å². The molecule has 0 aliphatic heterocycles. The summed E-state index contributed by atoms with van der Waals surface area (Å²) >= 11 is 12.2. The number of carbonyl (C=O) groups is 1. The summed E-state index contributed by atoms with van der Waals surface area (Å²) in [5, 5.41) is 5.18. The molecule has 1 aromatic heterocycles. The lowest BCUT2D eigenvalue weighted by Crippen LogP contribution is -2.07. The number of hydrogen-bond acceptors (Lipinski definition) is 4. The van der Waals surface area contributed by atoms with Crippen molar-refractivity contribution in [3.05, 3.63) is 64.4 Å². The van der Waals surface area contributed by atoms with E-state index in [0.717, 1.165) is 5.56 Å². The van der Waals surface area contributed by atoms with E-state index in [-0.39, 0.29) is 12.4 Å². The third-order valence-electron chi connectivity index (χ3n) is 3.24. The topological polar surface area (TPSA) is 57.0 Å². The average molecular weight is 362 g/mol. The second kappa shape index (κ2) is 7.03. The molecule has 3 rings (SSSR count). The van der Waals surface area contributed by atoms with Gasteiger partial charge in [-0.1, -0.05) is 53.5 Å². The molecule has 0 aliphatic carbocycles. The van der Waals surface area contributed by atoms with Gasteiger partial charge in [-0.2, -0.15) is 0 Å². The number of carbonyl (C=O) groups excluding carboxylic acids is 1. The second-order valence-electron chi connectivity index (χ2n) is 4.85. The van der Waals surface area contributed by atoms with Gasteiger partial charge in [0, 0.05) is 10.6 Å². The van der Waals surface area contributed by atoms with E-state index in [2.05, 4.69) is 10.1 Å². The first kappa shape index (κ1) is 16.5. The quantitative estimate of drug-likeness (QED) is 0.645. The third-order valence-corrected chi connectivity index (χ3v) is 3.77. The highest BCUT2D eigenvalue weighted by Gasteiger charge is 2.20. The van der Waals surface area contributed by atoms with E-state index in [1.807, 2.05) is 30.3 Å². The maximum atomic E-state index is 12.0. The first-order valence-corrected chi connectivity index (χ1v) is 8.00. The van der Waals surface area contributed by atoms with E-state index in [1.165, 1.54) is 4.68 Å². The molecule has 0 radical (unpaired) electrons. The number of esters is 1. The molecule has 1 heterocycles. The van der Waals surface area contributed by atoms with Gasteiger partial charge in [0.05, 0.1) is 17.3 Å². The van der Waals surface area contributed by atoms with Gasteiger partial charge in [0.2, 0.25) is 0 Å². The normalized spacial score (nSPS) is 10.6. The Labute approximate surface area is 148 Å². The van der Waals surface area contributed by atoms with Gasteiger partial charge in [0.25, 0.3) is 5.82 Å². The molecule has 7 heteroatoms. The summed E-state index contributed by atoms with van der Waals surface area (Å²) in [4.78, 5) is 16.3. The van der Waals surface area contributed by atoms with Crippen molar-refractivity contribution in [3.8, 4) is 17.1 Å². The highest BCUT2D eigenvalue weighted by molar-refractivity contribution is 6.35. The molecule has 2 aromatic carbocycles. The van der Waals surface area contributed by atoms with E-state index in [4.69, 9.17) is 27.9 Å². The Kier molecular flexibility index (Phi) is 4.83. The fourth-order valence-electron chi connectivity index (χ4n) is 2.19. The molecule has 0 spiro atoms.